The molecule has 1 aromatic rings. The summed E-state index contributed by atoms with van der Waals surface area (Å²) in [6.07, 6.45) is 1.64. The van der Waals surface area contributed by atoms with Crippen LogP contribution in [0.2, 0.25) is 0 Å². The Balaban J connectivity index is 2.86. The molecule has 0 atom stereocenters. The fourth-order valence-electron chi connectivity index (χ4n) is 0.963. The van der Waals surface area contributed by atoms with Gasteiger partial charge in [-0.3, -0.25) is 4.79 Å². The van der Waals surface area contributed by atoms with Gasteiger partial charge in [0.25, 0.3) is 5.91 Å². The molecule has 0 bridgehead atoms. The maximum absolute atomic E-state index is 11.7. The van der Waals surface area contributed by atoms with Gasteiger partial charge in [-0.25, -0.2) is 4.98 Å². The third-order valence-corrected chi connectivity index (χ3v) is 2.12. The molecule has 4 heteroatoms. The van der Waals surface area contributed by atoms with Gasteiger partial charge in [-0.2, -0.15) is 0 Å². The molecule has 0 radical (unpaired) electrons. The first-order valence-electron chi connectivity index (χ1n) is 4.33. The highest BCUT2D eigenvalue weighted by atomic mass is 79.9. The van der Waals surface area contributed by atoms with E-state index in [-0.39, 0.29) is 11.4 Å². The van der Waals surface area contributed by atoms with Crippen LogP contribution < -0.4 is 5.32 Å². The van der Waals surface area contributed by atoms with Gasteiger partial charge in [0, 0.05) is 11.7 Å². The van der Waals surface area contributed by atoms with E-state index in [2.05, 4.69) is 26.2 Å². The van der Waals surface area contributed by atoms with E-state index in [0.717, 1.165) is 0 Å². The zero-order valence-corrected chi connectivity index (χ0v) is 10.1. The minimum absolute atomic E-state index is 0.113. The van der Waals surface area contributed by atoms with Gasteiger partial charge in [0.15, 0.2) is 0 Å². The average molecular weight is 257 g/mol. The van der Waals surface area contributed by atoms with Crippen molar-refractivity contribution in [2.24, 2.45) is 0 Å². The third kappa shape index (κ3) is 3.10. The van der Waals surface area contributed by atoms with Gasteiger partial charge < -0.3 is 5.32 Å². The molecule has 1 aromatic heterocycles. The zero-order chi connectivity index (χ0) is 10.8. The Morgan fingerprint density at radius 2 is 2.14 bits per heavy atom. The van der Waals surface area contributed by atoms with E-state index in [1.54, 1.807) is 18.3 Å². The summed E-state index contributed by atoms with van der Waals surface area (Å²) in [6, 6.07) is 3.47. The number of carbonyl (C=O) groups excluding carboxylic acids is 1. The van der Waals surface area contributed by atoms with Crippen molar-refractivity contribution in [1.29, 1.82) is 0 Å². The van der Waals surface area contributed by atoms with E-state index in [1.807, 2.05) is 20.8 Å². The van der Waals surface area contributed by atoms with Crippen LogP contribution in [0.3, 0.4) is 0 Å². The van der Waals surface area contributed by atoms with Gasteiger partial charge in [0.05, 0.1) is 5.56 Å². The summed E-state index contributed by atoms with van der Waals surface area (Å²) < 4.78 is 0.571. The van der Waals surface area contributed by atoms with Crippen LogP contribution in [0.4, 0.5) is 0 Å². The van der Waals surface area contributed by atoms with E-state index < -0.39 is 0 Å². The summed E-state index contributed by atoms with van der Waals surface area (Å²) in [7, 11) is 0. The van der Waals surface area contributed by atoms with Gasteiger partial charge in [-0.1, -0.05) is 0 Å². The highest BCUT2D eigenvalue weighted by Gasteiger charge is 2.17. The third-order valence-electron chi connectivity index (χ3n) is 1.49. The molecule has 14 heavy (non-hydrogen) atoms. The zero-order valence-electron chi connectivity index (χ0n) is 8.47. The smallest absolute Gasteiger partial charge is 0.254 e. The molecule has 1 heterocycles. The first-order valence-corrected chi connectivity index (χ1v) is 5.12. The highest BCUT2D eigenvalue weighted by Crippen LogP contribution is 2.13. The molecule has 1 N–H and O–H groups in total. The normalized spacial score (nSPS) is 11.1. The molecule has 0 saturated heterocycles. The molecule has 0 aromatic carbocycles. The van der Waals surface area contributed by atoms with E-state index >= 15 is 0 Å². The number of pyridine rings is 1. The van der Waals surface area contributed by atoms with E-state index in [9.17, 15) is 4.79 Å². The van der Waals surface area contributed by atoms with Crippen molar-refractivity contribution in [2.45, 2.75) is 26.3 Å². The molecular weight excluding hydrogens is 244 g/mol. The predicted octanol–water partition coefficient (Wildman–Crippen LogP) is 2.37. The van der Waals surface area contributed by atoms with Crippen LogP contribution in [0.15, 0.2) is 22.9 Å². The van der Waals surface area contributed by atoms with Crippen molar-refractivity contribution in [3.8, 4) is 0 Å². The maximum atomic E-state index is 11.7. The maximum Gasteiger partial charge on any atom is 0.254 e. The lowest BCUT2D eigenvalue weighted by molar-refractivity contribution is 0.0918. The molecule has 0 spiro atoms. The van der Waals surface area contributed by atoms with E-state index in [4.69, 9.17) is 0 Å². The summed E-state index contributed by atoms with van der Waals surface area (Å²) in [6.45, 7) is 5.82. The number of nitrogens with zero attached hydrogens (tertiary/aromatic N) is 1. The van der Waals surface area contributed by atoms with E-state index in [1.165, 1.54) is 0 Å². The second-order valence-corrected chi connectivity index (χ2v) is 4.80. The number of halogens is 1. The topological polar surface area (TPSA) is 42.0 Å². The summed E-state index contributed by atoms with van der Waals surface area (Å²) in [4.78, 5) is 15.7. The van der Waals surface area contributed by atoms with Crippen molar-refractivity contribution < 1.29 is 4.79 Å². The minimum atomic E-state index is -0.230. The number of carbonyl (C=O) groups is 1. The van der Waals surface area contributed by atoms with Crippen LogP contribution in [0, 0.1) is 0 Å². The molecule has 3 nitrogen and oxygen atoms in total. The lowest BCUT2D eigenvalue weighted by Gasteiger charge is -2.20. The minimum Gasteiger partial charge on any atom is -0.347 e. The van der Waals surface area contributed by atoms with Gasteiger partial charge in [-0.15, -0.1) is 0 Å². The highest BCUT2D eigenvalue weighted by molar-refractivity contribution is 9.10. The largest absolute Gasteiger partial charge is 0.347 e. The number of hydrogen-bond acceptors (Lipinski definition) is 2. The van der Waals surface area contributed by atoms with Crippen LogP contribution in [0.1, 0.15) is 31.1 Å². The molecule has 76 valence electrons. The molecule has 0 fully saturated rings. The van der Waals surface area contributed by atoms with E-state index in [0.29, 0.717) is 10.2 Å². The summed E-state index contributed by atoms with van der Waals surface area (Å²) in [5.74, 6) is -0.113. The summed E-state index contributed by atoms with van der Waals surface area (Å²) in [5.41, 5.74) is 0.328. The lowest BCUT2D eigenvalue weighted by atomic mass is 10.1. The van der Waals surface area contributed by atoms with Crippen LogP contribution >= 0.6 is 15.9 Å². The molecule has 1 amide bonds. The monoisotopic (exact) mass is 256 g/mol. The SMILES string of the molecule is CC(C)(C)NC(=O)c1cccnc1Br. The number of hydrogen-bond donors (Lipinski definition) is 1. The van der Waals surface area contributed by atoms with Crippen molar-refractivity contribution in [3.63, 3.8) is 0 Å². The van der Waals surface area contributed by atoms with Crippen molar-refractivity contribution in [1.82, 2.24) is 10.3 Å². The van der Waals surface area contributed by atoms with Gasteiger partial charge >= 0.3 is 0 Å². The van der Waals surface area contributed by atoms with Gasteiger partial charge in [-0.05, 0) is 48.8 Å². The van der Waals surface area contributed by atoms with Gasteiger partial charge in [0.1, 0.15) is 4.60 Å². The summed E-state index contributed by atoms with van der Waals surface area (Å²) >= 11 is 3.23. The molecule has 0 unspecified atom stereocenters. The average Bonchev–Trinajstić information content (AvgIpc) is 2.01. The Labute approximate surface area is 92.1 Å². The standard InChI is InChI=1S/C10H13BrN2O/c1-10(2,3)13-9(14)7-5-4-6-12-8(7)11/h4-6H,1-3H3,(H,13,14). The lowest BCUT2D eigenvalue weighted by Crippen LogP contribution is -2.40. The van der Waals surface area contributed by atoms with Crippen LogP contribution in [0.25, 0.3) is 0 Å². The Morgan fingerprint density at radius 3 is 2.64 bits per heavy atom. The quantitative estimate of drug-likeness (QED) is 0.785. The Hall–Kier alpha value is -0.900. The number of nitrogens with one attached hydrogen (secondary N) is 1. The molecule has 1 rings (SSSR count). The Bertz CT molecular complexity index is 344. The number of rotatable bonds is 1. The predicted molar refractivity (Wildman–Crippen MR) is 59.2 cm³/mol. The first-order chi connectivity index (χ1) is 6.40. The number of aromatic nitrogens is 1. The Kier molecular flexibility index (Phi) is 3.26. The number of amides is 1. The van der Waals surface area contributed by atoms with Crippen LogP contribution in [-0.2, 0) is 0 Å². The fourth-order valence-corrected chi connectivity index (χ4v) is 1.39. The second kappa shape index (κ2) is 4.09. The van der Waals surface area contributed by atoms with Crippen molar-refractivity contribution in [2.75, 3.05) is 0 Å². The second-order valence-electron chi connectivity index (χ2n) is 4.05. The van der Waals surface area contributed by atoms with Crippen molar-refractivity contribution in [3.05, 3.63) is 28.5 Å². The Morgan fingerprint density at radius 1 is 1.50 bits per heavy atom. The first kappa shape index (κ1) is 11.2. The van der Waals surface area contributed by atoms with Crippen LogP contribution in [-0.4, -0.2) is 16.4 Å². The van der Waals surface area contributed by atoms with Crippen LogP contribution in [0.5, 0.6) is 0 Å². The van der Waals surface area contributed by atoms with Gasteiger partial charge in [0.2, 0.25) is 0 Å². The van der Waals surface area contributed by atoms with Crippen molar-refractivity contribution >= 4 is 21.8 Å². The molecule has 0 saturated carbocycles. The molecule has 0 aliphatic carbocycles. The molecular formula is C10H13BrN2O. The summed E-state index contributed by atoms with van der Waals surface area (Å²) in [5, 5.41) is 2.87. The molecule has 0 aliphatic rings. The fraction of sp³-hybridized carbons (Fsp3) is 0.400. The molecule has 0 aliphatic heterocycles.